The Labute approximate surface area is 93.7 Å². The van der Waals surface area contributed by atoms with Crippen molar-refractivity contribution in [3.05, 3.63) is 36.0 Å². The van der Waals surface area contributed by atoms with E-state index in [2.05, 4.69) is 4.98 Å². The van der Waals surface area contributed by atoms with Crippen LogP contribution in [0.3, 0.4) is 0 Å². The smallest absolute Gasteiger partial charge is 0.126 e. The maximum Gasteiger partial charge on any atom is 0.126 e. The molecule has 0 unspecified atom stereocenters. The number of aromatic nitrogens is 1. The summed E-state index contributed by atoms with van der Waals surface area (Å²) in [5.41, 5.74) is 1.78. The number of hydrogen-bond donors (Lipinski definition) is 1. The van der Waals surface area contributed by atoms with E-state index in [4.69, 9.17) is 4.74 Å². The summed E-state index contributed by atoms with van der Waals surface area (Å²) in [7, 11) is 0. The average Bonchev–Trinajstić information content (AvgIpc) is 2.28. The van der Waals surface area contributed by atoms with Crippen molar-refractivity contribution in [1.82, 2.24) is 4.98 Å². The molecule has 0 aliphatic carbocycles. The molecule has 3 nitrogen and oxygen atoms in total. The van der Waals surface area contributed by atoms with Crippen molar-refractivity contribution >= 4 is 10.9 Å². The van der Waals surface area contributed by atoms with Gasteiger partial charge in [-0.15, -0.1) is 0 Å². The van der Waals surface area contributed by atoms with Crippen molar-refractivity contribution in [3.8, 4) is 5.75 Å². The van der Waals surface area contributed by atoms with Gasteiger partial charge in [-0.25, -0.2) is 0 Å². The van der Waals surface area contributed by atoms with Crippen molar-refractivity contribution < 1.29 is 9.84 Å². The van der Waals surface area contributed by atoms with Crippen LogP contribution in [0.25, 0.3) is 10.9 Å². The van der Waals surface area contributed by atoms with E-state index in [0.29, 0.717) is 6.42 Å². The van der Waals surface area contributed by atoms with Gasteiger partial charge in [0.25, 0.3) is 0 Å². The van der Waals surface area contributed by atoms with E-state index in [0.717, 1.165) is 22.2 Å². The number of nitrogens with zero attached hydrogens (tertiary/aromatic N) is 1. The number of ether oxygens (including phenoxy) is 1. The molecule has 1 aromatic heterocycles. The van der Waals surface area contributed by atoms with E-state index in [9.17, 15) is 5.11 Å². The maximum absolute atomic E-state index is 10.1. The molecule has 0 spiro atoms. The van der Waals surface area contributed by atoms with Gasteiger partial charge >= 0.3 is 0 Å². The molecule has 3 rings (SSSR count). The van der Waals surface area contributed by atoms with Crippen LogP contribution in [-0.4, -0.2) is 16.2 Å². The Morgan fingerprint density at radius 3 is 3.12 bits per heavy atom. The summed E-state index contributed by atoms with van der Waals surface area (Å²) < 4.78 is 5.72. The summed E-state index contributed by atoms with van der Waals surface area (Å²) in [6.45, 7) is 1.97. The quantitative estimate of drug-likeness (QED) is 0.734. The van der Waals surface area contributed by atoms with Gasteiger partial charge in [-0.3, -0.25) is 4.98 Å². The highest BCUT2D eigenvalue weighted by molar-refractivity contribution is 5.85. The van der Waals surface area contributed by atoms with Crippen LogP contribution < -0.4 is 4.74 Å². The molecule has 0 amide bonds. The highest BCUT2D eigenvalue weighted by Crippen LogP contribution is 2.38. The fourth-order valence-corrected chi connectivity index (χ4v) is 2.30. The first kappa shape index (κ1) is 9.60. The number of aliphatic hydroxyl groups is 1. The van der Waals surface area contributed by atoms with Gasteiger partial charge in [0.05, 0.1) is 17.7 Å². The van der Waals surface area contributed by atoms with Gasteiger partial charge in [0, 0.05) is 23.6 Å². The fourth-order valence-electron chi connectivity index (χ4n) is 2.30. The van der Waals surface area contributed by atoms with E-state index in [1.54, 1.807) is 6.20 Å². The van der Waals surface area contributed by atoms with Crippen LogP contribution in [0.15, 0.2) is 30.5 Å². The molecule has 1 aliphatic rings. The van der Waals surface area contributed by atoms with Gasteiger partial charge < -0.3 is 9.84 Å². The Morgan fingerprint density at radius 1 is 1.38 bits per heavy atom. The zero-order valence-electron chi connectivity index (χ0n) is 9.05. The predicted molar refractivity (Wildman–Crippen MR) is 61.4 cm³/mol. The van der Waals surface area contributed by atoms with E-state index in [-0.39, 0.29) is 6.10 Å². The zero-order valence-corrected chi connectivity index (χ0v) is 9.05. The third kappa shape index (κ3) is 1.36. The molecule has 82 valence electrons. The minimum Gasteiger partial charge on any atom is -0.490 e. The highest BCUT2D eigenvalue weighted by atomic mass is 16.5. The molecule has 2 aromatic rings. The van der Waals surface area contributed by atoms with Crippen LogP contribution in [0.2, 0.25) is 0 Å². The van der Waals surface area contributed by atoms with Gasteiger partial charge in [-0.05, 0) is 25.1 Å². The first-order chi connectivity index (χ1) is 7.75. The monoisotopic (exact) mass is 215 g/mol. The van der Waals surface area contributed by atoms with Crippen LogP contribution >= 0.6 is 0 Å². The molecule has 0 saturated carbocycles. The SMILES string of the molecule is C[C@@H]1C[C@@H](O)c2c(ccc3ncccc23)O1. The topological polar surface area (TPSA) is 42.4 Å². The normalized spacial score (nSPS) is 23.9. The van der Waals surface area contributed by atoms with Crippen LogP contribution in [0.4, 0.5) is 0 Å². The van der Waals surface area contributed by atoms with Gasteiger partial charge in [0.2, 0.25) is 0 Å². The highest BCUT2D eigenvalue weighted by Gasteiger charge is 2.26. The molecule has 1 aromatic carbocycles. The zero-order chi connectivity index (χ0) is 11.1. The van der Waals surface area contributed by atoms with Crippen molar-refractivity contribution in [2.75, 3.05) is 0 Å². The maximum atomic E-state index is 10.1. The van der Waals surface area contributed by atoms with Crippen LogP contribution in [-0.2, 0) is 0 Å². The lowest BCUT2D eigenvalue weighted by Crippen LogP contribution is -2.22. The number of benzene rings is 1. The van der Waals surface area contributed by atoms with Gasteiger partial charge in [0.15, 0.2) is 0 Å². The summed E-state index contributed by atoms with van der Waals surface area (Å²) >= 11 is 0. The van der Waals surface area contributed by atoms with Gasteiger partial charge in [0.1, 0.15) is 5.75 Å². The van der Waals surface area contributed by atoms with Crippen LogP contribution in [0.1, 0.15) is 25.0 Å². The summed E-state index contributed by atoms with van der Waals surface area (Å²) in [4.78, 5) is 4.28. The number of rotatable bonds is 0. The molecule has 2 atom stereocenters. The molecule has 2 heterocycles. The molecule has 1 N–H and O–H groups in total. The van der Waals surface area contributed by atoms with E-state index in [1.807, 2.05) is 31.2 Å². The Bertz CT molecular complexity index is 538. The molecule has 3 heteroatoms. The number of aliphatic hydroxyl groups excluding tert-OH is 1. The number of fused-ring (bicyclic) bond motifs is 3. The molecular weight excluding hydrogens is 202 g/mol. The molecule has 16 heavy (non-hydrogen) atoms. The van der Waals surface area contributed by atoms with Gasteiger partial charge in [-0.1, -0.05) is 6.07 Å². The Balaban J connectivity index is 2.29. The third-order valence-corrected chi connectivity index (χ3v) is 3.00. The predicted octanol–water partition coefficient (Wildman–Crippen LogP) is 2.44. The van der Waals surface area contributed by atoms with Crippen molar-refractivity contribution in [2.45, 2.75) is 25.6 Å². The summed E-state index contributed by atoms with van der Waals surface area (Å²) in [5, 5.41) is 11.1. The van der Waals surface area contributed by atoms with E-state index in [1.165, 1.54) is 0 Å². The first-order valence-electron chi connectivity index (χ1n) is 5.48. The first-order valence-corrected chi connectivity index (χ1v) is 5.48. The van der Waals surface area contributed by atoms with Crippen LogP contribution in [0.5, 0.6) is 5.75 Å². The van der Waals surface area contributed by atoms with E-state index < -0.39 is 6.10 Å². The van der Waals surface area contributed by atoms with Crippen LogP contribution in [0, 0.1) is 0 Å². The Hall–Kier alpha value is -1.61. The molecule has 0 bridgehead atoms. The third-order valence-electron chi connectivity index (χ3n) is 3.00. The Kier molecular flexibility index (Phi) is 2.07. The Morgan fingerprint density at radius 2 is 2.25 bits per heavy atom. The fraction of sp³-hybridized carbons (Fsp3) is 0.308. The lowest BCUT2D eigenvalue weighted by Gasteiger charge is -2.28. The molecule has 0 fully saturated rings. The average molecular weight is 215 g/mol. The number of hydrogen-bond acceptors (Lipinski definition) is 3. The second-order valence-corrected chi connectivity index (χ2v) is 4.23. The standard InChI is InChI=1S/C13H13NO2/c1-8-7-11(15)13-9-3-2-6-14-10(9)4-5-12(13)16-8/h2-6,8,11,15H,7H2,1H3/t8-,11-/m1/s1. The molecule has 0 saturated heterocycles. The number of pyridine rings is 1. The second-order valence-electron chi connectivity index (χ2n) is 4.23. The molecular formula is C13H13NO2. The second kappa shape index (κ2) is 3.46. The van der Waals surface area contributed by atoms with Crippen molar-refractivity contribution in [2.24, 2.45) is 0 Å². The summed E-state index contributed by atoms with van der Waals surface area (Å²) in [6, 6.07) is 7.68. The largest absolute Gasteiger partial charge is 0.490 e. The lowest BCUT2D eigenvalue weighted by molar-refractivity contribution is 0.0764. The van der Waals surface area contributed by atoms with Crippen molar-refractivity contribution in [1.29, 1.82) is 0 Å². The lowest BCUT2D eigenvalue weighted by atomic mass is 9.96. The van der Waals surface area contributed by atoms with Crippen molar-refractivity contribution in [3.63, 3.8) is 0 Å². The summed E-state index contributed by atoms with van der Waals surface area (Å²) in [5.74, 6) is 0.784. The minimum atomic E-state index is -0.452. The van der Waals surface area contributed by atoms with Gasteiger partial charge in [-0.2, -0.15) is 0 Å². The van der Waals surface area contributed by atoms with E-state index >= 15 is 0 Å². The molecule has 1 aliphatic heterocycles. The summed E-state index contributed by atoms with van der Waals surface area (Å²) in [6.07, 6.45) is 2.01. The molecule has 0 radical (unpaired) electrons. The minimum absolute atomic E-state index is 0.0663.